The molecule has 134 heavy (non-hydrogen) atoms. The molecule has 0 N–H and O–H groups in total. The third kappa shape index (κ3) is 23.4. The number of ether oxygens (including phenoxy) is 9. The Kier molecular flexibility index (Phi) is 34.8. The van der Waals surface area contributed by atoms with Gasteiger partial charge in [-0.25, -0.2) is 48.8 Å². The summed E-state index contributed by atoms with van der Waals surface area (Å²) in [6, 6.07) is 14.5. The average Bonchev–Trinajstić information content (AvgIpc) is 1.58. The number of benzene rings is 3. The number of carbonyl (C=O) groups excluding carboxylic acids is 9. The SMILES string of the molecule is CCC[C@@]12C[C@H]1CCCCCc1nc3ccc(OC)cc3nc1O[C@H]1CN(C(=O)[C@H](C(C)(C)C)CC(=O)O2)[C@H]([C-]=O)[C@@H]1C.COc1ccc2nc3c(nc2c1)O[C@H]1CN(C(=O)[C@H](C(C)(C)C)CC(=O)O[C@@H]2C4CC(C4)C[C@H]2CCCCC3)[C@H]([C-]=O)[C@@H]1C.COc1ccc2nc3c(nc2c1)O[C@H]1CN(C(=O)[C@H](C(C)(C)C)CC(=O)O[C@@H]2CC4CC(C4)[C@H]2CCCCC3)[C@H]([C-]=O)[C@@H]1C.[V].[V].[V]. The summed E-state index contributed by atoms with van der Waals surface area (Å²) in [4.78, 5) is 154. The maximum Gasteiger partial charge on any atom is 0.307 e. The zero-order valence-corrected chi connectivity index (χ0v) is 85.4. The Morgan fingerprint density at radius 1 is 0.410 bits per heavy atom. The topological polar surface area (TPSA) is 324 Å². The van der Waals surface area contributed by atoms with Crippen LogP contribution in [0.5, 0.6) is 34.9 Å². The molecule has 0 unspecified atom stereocenters. The first-order valence-corrected chi connectivity index (χ1v) is 48.8. The van der Waals surface area contributed by atoms with Crippen molar-refractivity contribution in [3.05, 3.63) is 71.7 Å². The maximum atomic E-state index is 14.2. The summed E-state index contributed by atoms with van der Waals surface area (Å²) in [5, 5.41) is 0. The Morgan fingerprint density at radius 3 is 1.15 bits per heavy atom. The molecule has 10 fully saturated rings. The van der Waals surface area contributed by atoms with Crippen LogP contribution in [-0.4, -0.2) is 194 Å². The minimum absolute atomic E-state index is 0. The quantitative estimate of drug-likeness (QED) is 0.0776. The first-order valence-electron chi connectivity index (χ1n) is 48.8. The molecule has 27 nitrogen and oxygen atoms in total. The van der Waals surface area contributed by atoms with Crippen LogP contribution in [-0.2, 0) is 132 Å². The number of methoxy groups -OCH3 is 3. The van der Waals surface area contributed by atoms with E-state index in [9.17, 15) is 43.2 Å². The van der Waals surface area contributed by atoms with Gasteiger partial charge in [-0.05, 0) is 215 Å². The Labute approximate surface area is 826 Å². The zero-order chi connectivity index (χ0) is 93.3. The molecule has 9 heterocycles. The van der Waals surface area contributed by atoms with Crippen LogP contribution in [0.3, 0.4) is 0 Å². The molecule has 725 valence electrons. The fourth-order valence-electron chi connectivity index (χ4n) is 22.9. The van der Waals surface area contributed by atoms with Crippen LogP contribution >= 0.6 is 0 Å². The van der Waals surface area contributed by atoms with Gasteiger partial charge in [0.2, 0.25) is 35.4 Å². The average molecular weight is 1960 g/mol. The van der Waals surface area contributed by atoms with Gasteiger partial charge in [-0.2, -0.15) is 0 Å². The van der Waals surface area contributed by atoms with Gasteiger partial charge < -0.3 is 71.7 Å². The second-order valence-corrected chi connectivity index (χ2v) is 43.1. The van der Waals surface area contributed by atoms with E-state index in [1.165, 1.54) is 12.8 Å². The summed E-state index contributed by atoms with van der Waals surface area (Å²) >= 11 is 0. The Balaban J connectivity index is 0.000000179. The second kappa shape index (κ2) is 44.5. The number of amides is 3. The third-order valence-corrected chi connectivity index (χ3v) is 31.1. The number of aryl methyl sites for hydroxylation is 3. The first kappa shape index (κ1) is 105. The second-order valence-electron chi connectivity index (χ2n) is 43.1. The number of nitrogens with zero attached hydrogens (tertiary/aromatic N) is 9. The van der Waals surface area contributed by atoms with Crippen LogP contribution < -0.4 is 28.4 Å². The van der Waals surface area contributed by atoms with Crippen molar-refractivity contribution in [3.8, 4) is 34.9 Å². The van der Waals surface area contributed by atoms with Crippen molar-refractivity contribution in [1.29, 1.82) is 0 Å². The minimum atomic E-state index is -0.795. The van der Waals surface area contributed by atoms with E-state index in [0.29, 0.717) is 106 Å². The number of fused-ring (bicyclic) bond motifs is 13. The smallest absolute Gasteiger partial charge is 0.307 e. The predicted molar refractivity (Wildman–Crippen MR) is 492 cm³/mol. The van der Waals surface area contributed by atoms with Crippen LogP contribution in [0.15, 0.2) is 54.6 Å². The third-order valence-electron chi connectivity index (χ3n) is 31.1. The standard InChI is InChI=1S/2C35H46N3O6.C34H46N3O6.3V/c1-20-29(19-39)38-18-31(20)44-33-27(36-26-12-11-23(42-5)16-28(26)37-33)10-8-6-7-9-24-22-13-21(14-22)15-30(24)43-32(40)17-25(34(38)41)35(2,3)4;1-20-29(19-39)38-18-30(20)43-33-27(36-26-12-11-24(42-5)16-28(26)37-33)10-8-6-7-9-22-13-21-14-23(15-21)32(22)44-31(40)17-25(34(38)41)35(2,3)4;1-7-15-34-18-22(34)11-9-8-10-12-26-31(36-27-16-23(41-6)13-14-25(27)35-26)42-29-19-37(28(20-38)21(29)2)32(40)24(33(3,4)5)17-30(39)43-34;;;/h11-12,16,20-22,24-25,29-31H,6-10,13-15,17-18H2,1-5H3;11-12,16,20-23,25,29-30,32H,6-10,13-15,17-18H2,1-5H3;13-14,16,21-22,24,28-29H,7-12,15,17-19H2,1-6H3;;;/q3*-1;;;/t20-,21?,22?,24+,25+,29+,30+,31-;20-,21?,22+,23?,25+,29+,30-,32-;21-,22+,24+,28+,29-,34+;;;/m000.../s1. The van der Waals surface area contributed by atoms with E-state index in [2.05, 4.69) is 25.8 Å². The summed E-state index contributed by atoms with van der Waals surface area (Å²) in [6.07, 6.45) is 28.3. The largest absolute Gasteiger partial charge is 0.540 e. The molecule has 3 aromatic heterocycles. The molecule has 7 aliphatic carbocycles. The van der Waals surface area contributed by atoms with Crippen molar-refractivity contribution in [2.45, 2.75) is 318 Å². The monoisotopic (exact) mass is 1950 g/mol. The van der Waals surface area contributed by atoms with Gasteiger partial charge in [0, 0.05) is 79.8 Å². The zero-order valence-electron chi connectivity index (χ0n) is 81.2. The summed E-state index contributed by atoms with van der Waals surface area (Å²) in [7, 11) is 4.84. The molecular formula is C104H138N9O18V3-3. The molecule has 3 saturated heterocycles. The number of esters is 3. The first-order chi connectivity index (χ1) is 62.6. The predicted octanol–water partition coefficient (Wildman–Crippen LogP) is 16.5. The van der Waals surface area contributed by atoms with Crippen molar-refractivity contribution in [2.75, 3.05) is 41.0 Å². The molecule has 3 radical (unpaired) electrons. The van der Waals surface area contributed by atoms with Crippen molar-refractivity contribution < 1.29 is 141 Å². The van der Waals surface area contributed by atoms with Gasteiger partial charge >= 0.3 is 17.9 Å². The molecule has 7 saturated carbocycles. The van der Waals surface area contributed by atoms with E-state index in [1.807, 2.05) is 138 Å². The van der Waals surface area contributed by atoms with E-state index in [-0.39, 0.29) is 160 Å². The molecule has 3 aromatic carbocycles. The number of rotatable bonds is 8. The van der Waals surface area contributed by atoms with Gasteiger partial charge in [-0.15, -0.1) is 0 Å². The van der Waals surface area contributed by atoms with Crippen LogP contribution in [0.2, 0.25) is 0 Å². The summed E-state index contributed by atoms with van der Waals surface area (Å²) in [6.45, 7) is 26.1. The van der Waals surface area contributed by atoms with Crippen LogP contribution in [0.1, 0.15) is 261 Å². The Hall–Kier alpha value is -7.94. The number of hydrogen-bond donors (Lipinski definition) is 0. The number of carbonyl (C=O) groups is 6. The Morgan fingerprint density at radius 2 is 0.769 bits per heavy atom. The van der Waals surface area contributed by atoms with Gasteiger partial charge in [0.15, 0.2) is 0 Å². The number of hydrogen-bond acceptors (Lipinski definition) is 24. The van der Waals surface area contributed by atoms with Crippen LogP contribution in [0.25, 0.3) is 33.1 Å². The van der Waals surface area contributed by atoms with Gasteiger partial charge in [0.05, 0.1) is 111 Å². The van der Waals surface area contributed by atoms with E-state index in [4.69, 9.17) is 72.5 Å². The minimum Gasteiger partial charge on any atom is -0.540 e. The summed E-state index contributed by atoms with van der Waals surface area (Å²) in [5.74, 6) is 2.27. The molecule has 6 aromatic rings. The normalized spacial score (nSPS) is 31.5. The van der Waals surface area contributed by atoms with Crippen molar-refractivity contribution in [3.63, 3.8) is 0 Å². The van der Waals surface area contributed by atoms with Crippen LogP contribution in [0, 0.1) is 93.2 Å². The molecule has 19 rings (SSSR count). The fourth-order valence-corrected chi connectivity index (χ4v) is 22.9. The maximum absolute atomic E-state index is 14.2. The van der Waals surface area contributed by atoms with Crippen LogP contribution in [0.4, 0.5) is 0 Å². The molecule has 10 bridgehead atoms. The van der Waals surface area contributed by atoms with E-state index in [0.717, 1.165) is 162 Å². The Bertz CT molecular complexity index is 5170. The van der Waals surface area contributed by atoms with Crippen molar-refractivity contribution in [2.24, 2.45) is 93.2 Å². The summed E-state index contributed by atoms with van der Waals surface area (Å²) in [5.41, 5.74) is 4.65. The van der Waals surface area contributed by atoms with E-state index in [1.54, 1.807) is 36.0 Å². The molecule has 0 spiro atoms. The molecule has 30 heteroatoms. The van der Waals surface area contributed by atoms with Gasteiger partial charge in [-0.3, -0.25) is 28.8 Å². The molecule has 13 aliphatic rings. The van der Waals surface area contributed by atoms with E-state index >= 15 is 0 Å². The molecule has 3 amide bonds. The van der Waals surface area contributed by atoms with Crippen molar-refractivity contribution >= 4 is 87.6 Å². The van der Waals surface area contributed by atoms with Gasteiger partial charge in [0.1, 0.15) is 70.5 Å². The van der Waals surface area contributed by atoms with Gasteiger partial charge in [0.25, 0.3) is 0 Å². The molecule has 18 atom stereocenters. The van der Waals surface area contributed by atoms with E-state index < -0.39 is 76.0 Å². The van der Waals surface area contributed by atoms with Crippen molar-refractivity contribution in [1.82, 2.24) is 44.6 Å². The molecular weight excluding hydrogens is 1820 g/mol. The van der Waals surface area contributed by atoms with Gasteiger partial charge in [-0.1, -0.05) is 153 Å². The summed E-state index contributed by atoms with van der Waals surface area (Å²) < 4.78 is 54.5. The fraction of sp³-hybridized carbons (Fsp3) is 0.683. The number of aromatic nitrogens is 6. The molecule has 6 aliphatic heterocycles.